The van der Waals surface area contributed by atoms with Gasteiger partial charge in [-0.15, -0.1) is 11.8 Å². The van der Waals surface area contributed by atoms with E-state index >= 15 is 0 Å². The maximum atomic E-state index is 12.2. The molecule has 0 saturated carbocycles. The van der Waals surface area contributed by atoms with Crippen molar-refractivity contribution in [3.05, 3.63) is 29.7 Å². The third-order valence-electron chi connectivity index (χ3n) is 2.43. The number of carbonyl (C=O) groups is 2. The molecular formula is C15H23N3O3S. The van der Waals surface area contributed by atoms with Crippen LogP contribution >= 0.6 is 11.8 Å². The van der Waals surface area contributed by atoms with E-state index in [2.05, 4.69) is 21.9 Å². The van der Waals surface area contributed by atoms with Crippen molar-refractivity contribution in [1.29, 1.82) is 0 Å². The Balaban J connectivity index is 2.65. The van der Waals surface area contributed by atoms with Crippen molar-refractivity contribution in [2.24, 2.45) is 0 Å². The van der Waals surface area contributed by atoms with E-state index in [-0.39, 0.29) is 12.3 Å². The summed E-state index contributed by atoms with van der Waals surface area (Å²) in [6.07, 6.45) is 3.21. The van der Waals surface area contributed by atoms with Crippen molar-refractivity contribution in [2.45, 2.75) is 45.8 Å². The Morgan fingerprint density at radius 2 is 2.18 bits per heavy atom. The number of H-pyrrole nitrogens is 1. The molecule has 0 bridgehead atoms. The Bertz CT molecular complexity index is 521. The molecule has 0 aliphatic rings. The van der Waals surface area contributed by atoms with Gasteiger partial charge in [0, 0.05) is 17.6 Å². The molecule has 1 aromatic heterocycles. The zero-order chi connectivity index (χ0) is 16.8. The first-order valence-corrected chi connectivity index (χ1v) is 7.93. The van der Waals surface area contributed by atoms with Gasteiger partial charge < -0.3 is 15.0 Å². The van der Waals surface area contributed by atoms with Gasteiger partial charge >= 0.3 is 5.97 Å². The molecule has 22 heavy (non-hydrogen) atoms. The maximum absolute atomic E-state index is 12.2. The standard InChI is InChI=1S/C15H23N3O3S/c1-10(2)22-8-12(14(20)21-15(3,4)5)18-13(19)6-11-7-16-9-17-11/h7,9,12H,1,6,8H2,2-5H3,(H,16,17)(H,18,19). The van der Waals surface area contributed by atoms with Gasteiger partial charge in [0.25, 0.3) is 0 Å². The summed E-state index contributed by atoms with van der Waals surface area (Å²) in [5.74, 6) is -0.319. The highest BCUT2D eigenvalue weighted by Gasteiger charge is 2.26. The number of carbonyl (C=O) groups excluding carboxylic acids is 2. The van der Waals surface area contributed by atoms with Crippen LogP contribution in [-0.4, -0.2) is 39.2 Å². The maximum Gasteiger partial charge on any atom is 0.330 e. The van der Waals surface area contributed by atoms with Gasteiger partial charge in [-0.25, -0.2) is 9.78 Å². The molecule has 2 N–H and O–H groups in total. The van der Waals surface area contributed by atoms with E-state index < -0.39 is 17.6 Å². The summed E-state index contributed by atoms with van der Waals surface area (Å²) in [5.41, 5.74) is 0.0881. The first kappa shape index (κ1) is 18.3. The Hall–Kier alpha value is -1.76. The number of allylic oxidation sites excluding steroid dienone is 1. The first-order chi connectivity index (χ1) is 10.2. The number of amides is 1. The molecule has 1 heterocycles. The number of aromatic amines is 1. The highest BCUT2D eigenvalue weighted by Crippen LogP contribution is 2.16. The Morgan fingerprint density at radius 1 is 1.50 bits per heavy atom. The highest BCUT2D eigenvalue weighted by molar-refractivity contribution is 8.03. The van der Waals surface area contributed by atoms with Crippen LogP contribution in [0.3, 0.4) is 0 Å². The number of esters is 1. The number of thioether (sulfide) groups is 1. The summed E-state index contributed by atoms with van der Waals surface area (Å²) >= 11 is 1.41. The molecule has 6 nitrogen and oxygen atoms in total. The number of aromatic nitrogens is 2. The number of hydrogen-bond acceptors (Lipinski definition) is 5. The van der Waals surface area contributed by atoms with Gasteiger partial charge in [-0.05, 0) is 32.6 Å². The van der Waals surface area contributed by atoms with Crippen LogP contribution in [0.25, 0.3) is 0 Å². The minimum atomic E-state index is -0.712. The van der Waals surface area contributed by atoms with Crippen molar-refractivity contribution in [2.75, 3.05) is 5.75 Å². The van der Waals surface area contributed by atoms with Crippen LogP contribution in [0.4, 0.5) is 0 Å². The van der Waals surface area contributed by atoms with E-state index in [9.17, 15) is 9.59 Å². The number of rotatable bonds is 7. The number of hydrogen-bond donors (Lipinski definition) is 2. The van der Waals surface area contributed by atoms with E-state index in [1.54, 1.807) is 27.0 Å². The lowest BCUT2D eigenvalue weighted by molar-refractivity contribution is -0.157. The molecular weight excluding hydrogens is 302 g/mol. The Morgan fingerprint density at radius 3 is 2.68 bits per heavy atom. The molecule has 0 fully saturated rings. The van der Waals surface area contributed by atoms with Crippen molar-refractivity contribution in [1.82, 2.24) is 15.3 Å². The van der Waals surface area contributed by atoms with Crippen molar-refractivity contribution < 1.29 is 14.3 Å². The van der Waals surface area contributed by atoms with E-state index in [4.69, 9.17) is 4.74 Å². The summed E-state index contributed by atoms with van der Waals surface area (Å²) in [6.45, 7) is 11.0. The quantitative estimate of drug-likeness (QED) is 0.750. The predicted molar refractivity (Wildman–Crippen MR) is 87.3 cm³/mol. The van der Waals surface area contributed by atoms with Crippen molar-refractivity contribution >= 4 is 23.6 Å². The zero-order valence-electron chi connectivity index (χ0n) is 13.4. The fraction of sp³-hybridized carbons (Fsp3) is 0.533. The average Bonchev–Trinajstić information content (AvgIpc) is 2.84. The number of ether oxygens (including phenoxy) is 1. The minimum absolute atomic E-state index is 0.136. The molecule has 122 valence electrons. The lowest BCUT2D eigenvalue weighted by Gasteiger charge is -2.24. The molecule has 1 amide bonds. The van der Waals surface area contributed by atoms with Gasteiger partial charge in [0.15, 0.2) is 0 Å². The number of imidazole rings is 1. The summed E-state index contributed by atoms with van der Waals surface area (Å²) in [4.78, 5) is 31.8. The van der Waals surface area contributed by atoms with E-state index in [1.807, 2.05) is 6.92 Å². The molecule has 0 aliphatic carbocycles. The normalized spacial score (nSPS) is 12.5. The summed E-state index contributed by atoms with van der Waals surface area (Å²) in [7, 11) is 0. The molecule has 0 radical (unpaired) electrons. The lowest BCUT2D eigenvalue weighted by atomic mass is 10.2. The summed E-state index contributed by atoms with van der Waals surface area (Å²) in [6, 6.07) is -0.712. The fourth-order valence-corrected chi connectivity index (χ4v) is 2.24. The Labute approximate surface area is 135 Å². The van der Waals surface area contributed by atoms with Crippen molar-refractivity contribution in [3.63, 3.8) is 0 Å². The second kappa shape index (κ2) is 8.03. The van der Waals surface area contributed by atoms with Gasteiger partial charge in [-0.1, -0.05) is 6.58 Å². The lowest BCUT2D eigenvalue weighted by Crippen LogP contribution is -2.46. The smallest absolute Gasteiger partial charge is 0.330 e. The van der Waals surface area contributed by atoms with Gasteiger partial charge in [0.2, 0.25) is 5.91 Å². The predicted octanol–water partition coefficient (Wildman–Crippen LogP) is 2.05. The topological polar surface area (TPSA) is 84.1 Å². The van der Waals surface area contributed by atoms with Crippen molar-refractivity contribution in [3.8, 4) is 0 Å². The van der Waals surface area contributed by atoms with E-state index in [1.165, 1.54) is 18.1 Å². The summed E-state index contributed by atoms with van der Waals surface area (Å²) in [5, 5.41) is 2.71. The molecule has 1 unspecified atom stereocenters. The Kier molecular flexibility index (Phi) is 6.67. The van der Waals surface area contributed by atoms with Crippen LogP contribution < -0.4 is 5.32 Å². The van der Waals surface area contributed by atoms with Crippen LogP contribution in [0.2, 0.25) is 0 Å². The number of nitrogens with one attached hydrogen (secondary N) is 2. The second-order valence-electron chi connectivity index (χ2n) is 5.92. The molecule has 0 spiro atoms. The van der Waals surface area contributed by atoms with Gasteiger partial charge in [-0.2, -0.15) is 0 Å². The monoisotopic (exact) mass is 325 g/mol. The van der Waals surface area contributed by atoms with Gasteiger partial charge in [0.1, 0.15) is 11.6 Å². The molecule has 0 aliphatic heterocycles. The molecule has 7 heteroatoms. The SMILES string of the molecule is C=C(C)SCC(NC(=O)Cc1cnc[nH]1)C(=O)OC(C)(C)C. The molecule has 0 saturated heterocycles. The highest BCUT2D eigenvalue weighted by atomic mass is 32.2. The molecule has 0 aromatic carbocycles. The van der Waals surface area contributed by atoms with Crippen LogP contribution in [0.1, 0.15) is 33.4 Å². The van der Waals surface area contributed by atoms with Crippen LogP contribution in [0.5, 0.6) is 0 Å². The minimum Gasteiger partial charge on any atom is -0.458 e. The van der Waals surface area contributed by atoms with Gasteiger partial charge in [0.05, 0.1) is 12.7 Å². The molecule has 1 atom stereocenters. The summed E-state index contributed by atoms with van der Waals surface area (Å²) < 4.78 is 5.35. The van der Waals surface area contributed by atoms with Crippen LogP contribution in [-0.2, 0) is 20.7 Å². The fourth-order valence-electron chi connectivity index (χ4n) is 1.57. The zero-order valence-corrected chi connectivity index (χ0v) is 14.3. The largest absolute Gasteiger partial charge is 0.458 e. The van der Waals surface area contributed by atoms with E-state index in [0.717, 1.165) is 4.91 Å². The third-order valence-corrected chi connectivity index (χ3v) is 3.42. The number of nitrogens with zero attached hydrogens (tertiary/aromatic N) is 1. The third kappa shape index (κ3) is 7.31. The van der Waals surface area contributed by atoms with Crippen LogP contribution in [0, 0.1) is 0 Å². The van der Waals surface area contributed by atoms with E-state index in [0.29, 0.717) is 11.4 Å². The van der Waals surface area contributed by atoms with Crippen LogP contribution in [0.15, 0.2) is 24.0 Å². The molecule has 1 aromatic rings. The van der Waals surface area contributed by atoms with Gasteiger partial charge in [-0.3, -0.25) is 4.79 Å². The second-order valence-corrected chi connectivity index (χ2v) is 7.24. The molecule has 1 rings (SSSR count). The first-order valence-electron chi connectivity index (χ1n) is 6.95. The average molecular weight is 325 g/mol.